The van der Waals surface area contributed by atoms with E-state index in [1.165, 1.54) is 11.3 Å². The van der Waals surface area contributed by atoms with E-state index in [1.807, 2.05) is 0 Å². The van der Waals surface area contributed by atoms with Gasteiger partial charge in [-0.2, -0.15) is 0 Å². The summed E-state index contributed by atoms with van der Waals surface area (Å²) in [6.07, 6.45) is -1.18. The number of rotatable bonds is 7. The van der Waals surface area contributed by atoms with E-state index in [0.717, 1.165) is 10.0 Å². The highest BCUT2D eigenvalue weighted by molar-refractivity contribution is 7.11. The van der Waals surface area contributed by atoms with Crippen LogP contribution in [0.3, 0.4) is 0 Å². The Balaban J connectivity index is 2.19. The van der Waals surface area contributed by atoms with Crippen molar-refractivity contribution in [2.24, 2.45) is 5.73 Å². The standard InChI is InChI=1S/C8H13F2N3OS/c9-6(10)5-14-4-2-8-13-12-7(15-8)1-3-11/h6H,1-5,11H2. The second kappa shape index (κ2) is 6.76. The molecule has 0 aromatic carbocycles. The zero-order valence-corrected chi connectivity index (χ0v) is 8.97. The third-order valence-electron chi connectivity index (χ3n) is 1.57. The van der Waals surface area contributed by atoms with Gasteiger partial charge in [0.05, 0.1) is 6.61 Å². The average Bonchev–Trinajstić information content (AvgIpc) is 2.61. The number of nitrogens with two attached hydrogens (primary N) is 1. The van der Waals surface area contributed by atoms with Gasteiger partial charge < -0.3 is 10.5 Å². The molecule has 0 atom stereocenters. The molecule has 0 aliphatic rings. The lowest BCUT2D eigenvalue weighted by Gasteiger charge is -2.00. The van der Waals surface area contributed by atoms with E-state index < -0.39 is 13.0 Å². The maximum Gasteiger partial charge on any atom is 0.261 e. The summed E-state index contributed by atoms with van der Waals surface area (Å²) in [6.45, 7) is 0.270. The van der Waals surface area contributed by atoms with Crippen molar-refractivity contribution >= 4 is 11.3 Å². The predicted octanol–water partition coefficient (Wildman–Crippen LogP) is 0.863. The van der Waals surface area contributed by atoms with Crippen molar-refractivity contribution < 1.29 is 13.5 Å². The maximum atomic E-state index is 11.7. The Hall–Kier alpha value is -0.660. The van der Waals surface area contributed by atoms with Crippen LogP contribution in [0.25, 0.3) is 0 Å². The lowest BCUT2D eigenvalue weighted by atomic mass is 10.5. The van der Waals surface area contributed by atoms with Crippen molar-refractivity contribution in [1.29, 1.82) is 0 Å². The molecule has 0 spiro atoms. The minimum Gasteiger partial charge on any atom is -0.375 e. The van der Waals surface area contributed by atoms with Crippen molar-refractivity contribution in [3.05, 3.63) is 10.0 Å². The number of halogens is 2. The Labute approximate surface area is 90.5 Å². The highest BCUT2D eigenvalue weighted by Gasteiger charge is 2.05. The van der Waals surface area contributed by atoms with Gasteiger partial charge in [0.15, 0.2) is 0 Å². The molecule has 15 heavy (non-hydrogen) atoms. The Kier molecular flexibility index (Phi) is 5.59. The monoisotopic (exact) mass is 237 g/mol. The number of aromatic nitrogens is 2. The van der Waals surface area contributed by atoms with E-state index in [4.69, 9.17) is 10.5 Å². The van der Waals surface area contributed by atoms with Crippen molar-refractivity contribution in [3.63, 3.8) is 0 Å². The second-order valence-electron chi connectivity index (χ2n) is 2.84. The molecule has 1 aromatic heterocycles. The van der Waals surface area contributed by atoms with Gasteiger partial charge >= 0.3 is 0 Å². The molecule has 1 rings (SSSR count). The van der Waals surface area contributed by atoms with Crippen LogP contribution in [-0.4, -0.2) is 36.4 Å². The van der Waals surface area contributed by atoms with Crippen LogP contribution in [0.15, 0.2) is 0 Å². The average molecular weight is 237 g/mol. The number of nitrogens with zero attached hydrogens (tertiary/aromatic N) is 2. The van der Waals surface area contributed by atoms with Crippen LogP contribution in [0.4, 0.5) is 8.78 Å². The third kappa shape index (κ3) is 5.10. The molecule has 0 saturated carbocycles. The molecule has 0 bridgehead atoms. The summed E-state index contributed by atoms with van der Waals surface area (Å²) in [5.74, 6) is 0. The Bertz CT molecular complexity index is 283. The van der Waals surface area contributed by atoms with Gasteiger partial charge in [-0.15, -0.1) is 21.5 Å². The minimum atomic E-state index is -2.41. The number of alkyl halides is 2. The van der Waals surface area contributed by atoms with Crippen molar-refractivity contribution in [1.82, 2.24) is 10.2 Å². The second-order valence-corrected chi connectivity index (χ2v) is 3.99. The molecule has 7 heteroatoms. The molecule has 86 valence electrons. The smallest absolute Gasteiger partial charge is 0.261 e. The lowest BCUT2D eigenvalue weighted by Crippen LogP contribution is -2.06. The van der Waals surface area contributed by atoms with Gasteiger partial charge in [-0.1, -0.05) is 0 Å². The zero-order chi connectivity index (χ0) is 11.1. The van der Waals surface area contributed by atoms with E-state index >= 15 is 0 Å². The molecule has 2 N–H and O–H groups in total. The molecule has 0 saturated heterocycles. The fraction of sp³-hybridized carbons (Fsp3) is 0.750. The van der Waals surface area contributed by atoms with Crippen molar-refractivity contribution in [2.45, 2.75) is 19.3 Å². The summed E-state index contributed by atoms with van der Waals surface area (Å²) in [7, 11) is 0. The van der Waals surface area contributed by atoms with E-state index in [1.54, 1.807) is 0 Å². The molecule has 0 aliphatic carbocycles. The molecule has 0 aliphatic heterocycles. The lowest BCUT2D eigenvalue weighted by molar-refractivity contribution is 0.0186. The molecule has 0 amide bonds. The van der Waals surface area contributed by atoms with E-state index in [0.29, 0.717) is 19.4 Å². The van der Waals surface area contributed by atoms with Crippen LogP contribution in [0.5, 0.6) is 0 Å². The molecule has 0 unspecified atom stereocenters. The molecular weight excluding hydrogens is 224 g/mol. The molecule has 1 aromatic rings. The summed E-state index contributed by atoms with van der Waals surface area (Å²) in [5, 5.41) is 9.48. The van der Waals surface area contributed by atoms with Gasteiger partial charge in [-0.3, -0.25) is 0 Å². The normalized spacial score (nSPS) is 11.2. The molecule has 0 radical (unpaired) electrons. The molecule has 0 fully saturated rings. The number of ether oxygens (including phenoxy) is 1. The molecule has 1 heterocycles. The summed E-state index contributed by atoms with van der Waals surface area (Å²) >= 11 is 1.45. The minimum absolute atomic E-state index is 0.252. The summed E-state index contributed by atoms with van der Waals surface area (Å²) in [5.41, 5.74) is 5.36. The van der Waals surface area contributed by atoms with Gasteiger partial charge in [-0.05, 0) is 6.54 Å². The quantitative estimate of drug-likeness (QED) is 0.715. The first-order valence-corrected chi connectivity index (χ1v) is 5.41. The van der Waals surface area contributed by atoms with Crippen LogP contribution in [-0.2, 0) is 17.6 Å². The van der Waals surface area contributed by atoms with E-state index in [9.17, 15) is 8.78 Å². The van der Waals surface area contributed by atoms with Gasteiger partial charge in [-0.25, -0.2) is 8.78 Å². The first kappa shape index (κ1) is 12.4. The fourth-order valence-corrected chi connectivity index (χ4v) is 1.79. The summed E-state index contributed by atoms with van der Waals surface area (Å²) in [4.78, 5) is 0. The van der Waals surface area contributed by atoms with Gasteiger partial charge in [0.25, 0.3) is 6.43 Å². The fourth-order valence-electron chi connectivity index (χ4n) is 0.946. The number of hydrogen-bond donors (Lipinski definition) is 1. The number of hydrogen-bond acceptors (Lipinski definition) is 5. The molecular formula is C8H13F2N3OS. The summed E-state index contributed by atoms with van der Waals surface area (Å²) in [6, 6.07) is 0. The molecule has 4 nitrogen and oxygen atoms in total. The first-order chi connectivity index (χ1) is 7.22. The van der Waals surface area contributed by atoms with Crippen molar-refractivity contribution in [3.8, 4) is 0 Å². The van der Waals surface area contributed by atoms with Gasteiger partial charge in [0.2, 0.25) is 0 Å². The predicted molar refractivity (Wildman–Crippen MR) is 53.2 cm³/mol. The maximum absolute atomic E-state index is 11.7. The van der Waals surface area contributed by atoms with Gasteiger partial charge in [0, 0.05) is 12.8 Å². The third-order valence-corrected chi connectivity index (χ3v) is 2.61. The highest BCUT2D eigenvalue weighted by Crippen LogP contribution is 2.10. The van der Waals surface area contributed by atoms with Gasteiger partial charge in [0.1, 0.15) is 16.6 Å². The van der Waals surface area contributed by atoms with Crippen LogP contribution in [0, 0.1) is 0 Å². The Morgan fingerprint density at radius 2 is 1.93 bits per heavy atom. The SMILES string of the molecule is NCCc1nnc(CCOCC(F)F)s1. The van der Waals surface area contributed by atoms with E-state index in [-0.39, 0.29) is 6.61 Å². The van der Waals surface area contributed by atoms with Crippen LogP contribution in [0.1, 0.15) is 10.0 Å². The van der Waals surface area contributed by atoms with Crippen molar-refractivity contribution in [2.75, 3.05) is 19.8 Å². The topological polar surface area (TPSA) is 61.0 Å². The summed E-state index contributed by atoms with van der Waals surface area (Å²) < 4.78 is 28.1. The zero-order valence-electron chi connectivity index (χ0n) is 8.16. The Morgan fingerprint density at radius 3 is 2.53 bits per heavy atom. The van der Waals surface area contributed by atoms with Crippen LogP contribution in [0.2, 0.25) is 0 Å². The van der Waals surface area contributed by atoms with E-state index in [2.05, 4.69) is 10.2 Å². The van der Waals surface area contributed by atoms with Crippen LogP contribution >= 0.6 is 11.3 Å². The highest BCUT2D eigenvalue weighted by atomic mass is 32.1. The largest absolute Gasteiger partial charge is 0.375 e. The Morgan fingerprint density at radius 1 is 1.27 bits per heavy atom. The first-order valence-electron chi connectivity index (χ1n) is 4.59. The van der Waals surface area contributed by atoms with Crippen LogP contribution < -0.4 is 5.73 Å².